The van der Waals surface area contributed by atoms with Crippen molar-refractivity contribution in [3.63, 3.8) is 0 Å². The average Bonchev–Trinajstić information content (AvgIpc) is 2.69. The Morgan fingerprint density at radius 3 is 2.67 bits per heavy atom. The molecule has 1 aliphatic heterocycles. The van der Waals surface area contributed by atoms with E-state index in [9.17, 15) is 4.79 Å². The molecule has 1 aliphatic rings. The first-order valence-electron chi connectivity index (χ1n) is 8.70. The normalized spacial score (nSPS) is 22.0. The van der Waals surface area contributed by atoms with Gasteiger partial charge in [0, 0.05) is 6.54 Å². The molecule has 0 aliphatic carbocycles. The van der Waals surface area contributed by atoms with Crippen LogP contribution < -0.4 is 5.32 Å². The molecule has 0 saturated carbocycles. The number of esters is 1. The van der Waals surface area contributed by atoms with Crippen molar-refractivity contribution in [3.8, 4) is 0 Å². The number of nitrogens with one attached hydrogen (secondary N) is 1. The maximum Gasteiger partial charge on any atom is 0.323 e. The molecule has 0 aromatic rings. The van der Waals surface area contributed by atoms with Gasteiger partial charge in [-0.15, -0.1) is 0 Å². The number of hydrogen-bond acceptors (Lipinski definition) is 4. The van der Waals surface area contributed by atoms with Gasteiger partial charge < -0.3 is 15.0 Å². The Bertz CT molecular complexity index is 295. The van der Waals surface area contributed by atoms with Gasteiger partial charge in [0.1, 0.15) is 6.04 Å². The van der Waals surface area contributed by atoms with Gasteiger partial charge in [0.15, 0.2) is 0 Å². The van der Waals surface area contributed by atoms with Crippen molar-refractivity contribution in [2.75, 3.05) is 32.8 Å². The van der Waals surface area contributed by atoms with Crippen LogP contribution in [-0.4, -0.2) is 49.7 Å². The fourth-order valence-corrected chi connectivity index (χ4v) is 3.18. The van der Waals surface area contributed by atoms with Gasteiger partial charge in [-0.1, -0.05) is 20.8 Å². The third-order valence-electron chi connectivity index (χ3n) is 4.56. The van der Waals surface area contributed by atoms with Gasteiger partial charge in [-0.05, 0) is 64.1 Å². The van der Waals surface area contributed by atoms with Crippen molar-refractivity contribution in [2.24, 2.45) is 11.8 Å². The summed E-state index contributed by atoms with van der Waals surface area (Å²) in [5.41, 5.74) is 0. The highest BCUT2D eigenvalue weighted by molar-refractivity contribution is 5.75. The standard InChI is InChI=1S/C17H34N2O2/c1-5-18-16(17(20)21-6-2)10-13-19-11-7-8-15(9-12-19)14(3)4/h14-16,18H,5-13H2,1-4H3. The van der Waals surface area contributed by atoms with Crippen LogP contribution in [0.15, 0.2) is 0 Å². The van der Waals surface area contributed by atoms with Crippen LogP contribution in [0.4, 0.5) is 0 Å². The molecule has 1 N–H and O–H groups in total. The second kappa shape index (κ2) is 10.2. The van der Waals surface area contributed by atoms with Crippen LogP contribution in [0.2, 0.25) is 0 Å². The summed E-state index contributed by atoms with van der Waals surface area (Å²) in [5.74, 6) is 1.55. The lowest BCUT2D eigenvalue weighted by atomic mass is 9.89. The summed E-state index contributed by atoms with van der Waals surface area (Å²) in [5, 5.41) is 3.25. The SMILES string of the molecule is CCNC(CCN1CCCC(C(C)C)CC1)C(=O)OCC. The Morgan fingerprint density at radius 2 is 2.05 bits per heavy atom. The molecule has 0 spiro atoms. The van der Waals surface area contributed by atoms with E-state index in [-0.39, 0.29) is 12.0 Å². The zero-order chi connectivity index (χ0) is 15.7. The number of nitrogens with zero attached hydrogens (tertiary/aromatic N) is 1. The average molecular weight is 298 g/mol. The highest BCUT2D eigenvalue weighted by Crippen LogP contribution is 2.24. The Morgan fingerprint density at radius 1 is 1.29 bits per heavy atom. The van der Waals surface area contributed by atoms with Gasteiger partial charge in [0.05, 0.1) is 6.61 Å². The number of carbonyl (C=O) groups is 1. The molecule has 124 valence electrons. The Hall–Kier alpha value is -0.610. The molecular weight excluding hydrogens is 264 g/mol. The van der Waals surface area contributed by atoms with Crippen molar-refractivity contribution >= 4 is 5.97 Å². The van der Waals surface area contributed by atoms with Gasteiger partial charge in [0.25, 0.3) is 0 Å². The zero-order valence-corrected chi connectivity index (χ0v) is 14.4. The number of carbonyl (C=O) groups excluding carboxylic acids is 1. The molecule has 21 heavy (non-hydrogen) atoms. The summed E-state index contributed by atoms with van der Waals surface area (Å²) >= 11 is 0. The molecule has 0 amide bonds. The van der Waals surface area contributed by atoms with E-state index < -0.39 is 0 Å². The second-order valence-corrected chi connectivity index (χ2v) is 6.43. The summed E-state index contributed by atoms with van der Waals surface area (Å²) in [6, 6.07) is -0.154. The van der Waals surface area contributed by atoms with Crippen LogP contribution in [0.5, 0.6) is 0 Å². The second-order valence-electron chi connectivity index (χ2n) is 6.43. The molecule has 4 nitrogen and oxygen atoms in total. The predicted molar refractivity (Wildman–Crippen MR) is 87.3 cm³/mol. The van der Waals surface area contributed by atoms with Gasteiger partial charge in [-0.25, -0.2) is 0 Å². The molecule has 1 rings (SSSR count). The van der Waals surface area contributed by atoms with E-state index in [0.29, 0.717) is 6.61 Å². The Kier molecular flexibility index (Phi) is 8.93. The van der Waals surface area contributed by atoms with Crippen LogP contribution >= 0.6 is 0 Å². The maximum atomic E-state index is 11.9. The summed E-state index contributed by atoms with van der Waals surface area (Å²) in [6.45, 7) is 13.2. The lowest BCUT2D eigenvalue weighted by Gasteiger charge is -2.24. The van der Waals surface area contributed by atoms with Crippen molar-refractivity contribution in [1.29, 1.82) is 0 Å². The fourth-order valence-electron chi connectivity index (χ4n) is 3.18. The van der Waals surface area contributed by atoms with Gasteiger partial charge in [-0.3, -0.25) is 4.79 Å². The number of likely N-dealkylation sites (N-methyl/N-ethyl adjacent to an activating group) is 1. The first-order valence-corrected chi connectivity index (χ1v) is 8.70. The lowest BCUT2D eigenvalue weighted by molar-refractivity contribution is -0.145. The zero-order valence-electron chi connectivity index (χ0n) is 14.4. The van der Waals surface area contributed by atoms with Gasteiger partial charge in [0.2, 0.25) is 0 Å². The van der Waals surface area contributed by atoms with Gasteiger partial charge in [-0.2, -0.15) is 0 Å². The van der Waals surface area contributed by atoms with Crippen LogP contribution in [0.25, 0.3) is 0 Å². The van der Waals surface area contributed by atoms with E-state index in [1.807, 2.05) is 13.8 Å². The van der Waals surface area contributed by atoms with Crippen molar-refractivity contribution in [3.05, 3.63) is 0 Å². The lowest BCUT2D eigenvalue weighted by Crippen LogP contribution is -2.41. The molecule has 2 unspecified atom stereocenters. The number of likely N-dealkylation sites (tertiary alicyclic amines) is 1. The largest absolute Gasteiger partial charge is 0.465 e. The minimum Gasteiger partial charge on any atom is -0.465 e. The summed E-state index contributed by atoms with van der Waals surface area (Å²) in [4.78, 5) is 14.4. The number of ether oxygens (including phenoxy) is 1. The Balaban J connectivity index is 2.39. The number of hydrogen-bond donors (Lipinski definition) is 1. The highest BCUT2D eigenvalue weighted by atomic mass is 16.5. The molecule has 2 atom stereocenters. The molecule has 1 heterocycles. The van der Waals surface area contributed by atoms with E-state index in [1.165, 1.54) is 32.4 Å². The van der Waals surface area contributed by atoms with E-state index in [2.05, 4.69) is 24.1 Å². The van der Waals surface area contributed by atoms with Crippen molar-refractivity contribution < 1.29 is 9.53 Å². The fraction of sp³-hybridized carbons (Fsp3) is 0.941. The monoisotopic (exact) mass is 298 g/mol. The smallest absolute Gasteiger partial charge is 0.323 e. The quantitative estimate of drug-likeness (QED) is 0.700. The highest BCUT2D eigenvalue weighted by Gasteiger charge is 2.22. The molecule has 0 aromatic heterocycles. The minimum absolute atomic E-state index is 0.103. The molecule has 0 bridgehead atoms. The molecule has 4 heteroatoms. The van der Waals surface area contributed by atoms with Crippen LogP contribution in [0.1, 0.15) is 53.4 Å². The molecule has 1 saturated heterocycles. The summed E-state index contributed by atoms with van der Waals surface area (Å²) in [6.07, 6.45) is 4.78. The third kappa shape index (κ3) is 6.79. The minimum atomic E-state index is -0.154. The van der Waals surface area contributed by atoms with Crippen LogP contribution in [-0.2, 0) is 9.53 Å². The molecular formula is C17H34N2O2. The van der Waals surface area contributed by atoms with Gasteiger partial charge >= 0.3 is 5.97 Å². The van der Waals surface area contributed by atoms with Crippen molar-refractivity contribution in [1.82, 2.24) is 10.2 Å². The molecule has 0 radical (unpaired) electrons. The van der Waals surface area contributed by atoms with E-state index in [4.69, 9.17) is 4.74 Å². The topological polar surface area (TPSA) is 41.6 Å². The van der Waals surface area contributed by atoms with Crippen LogP contribution in [0.3, 0.4) is 0 Å². The van der Waals surface area contributed by atoms with Crippen LogP contribution in [0, 0.1) is 11.8 Å². The maximum absolute atomic E-state index is 11.9. The van der Waals surface area contributed by atoms with E-state index in [0.717, 1.165) is 31.3 Å². The van der Waals surface area contributed by atoms with Crippen molar-refractivity contribution in [2.45, 2.75) is 59.4 Å². The third-order valence-corrected chi connectivity index (χ3v) is 4.56. The predicted octanol–water partition coefficient (Wildman–Crippen LogP) is 2.68. The Labute approximate surface area is 130 Å². The first kappa shape index (κ1) is 18.4. The summed E-state index contributed by atoms with van der Waals surface area (Å²) < 4.78 is 5.15. The van der Waals surface area contributed by atoms with E-state index >= 15 is 0 Å². The first-order chi connectivity index (χ1) is 10.1. The number of rotatable bonds is 8. The summed E-state index contributed by atoms with van der Waals surface area (Å²) in [7, 11) is 0. The molecule has 0 aromatic carbocycles. The van der Waals surface area contributed by atoms with E-state index in [1.54, 1.807) is 0 Å². The molecule has 1 fully saturated rings.